The molecule has 0 unspecified atom stereocenters. The lowest BCUT2D eigenvalue weighted by Gasteiger charge is -2.14. The molecule has 7 heteroatoms. The number of hydrogen-bond donors (Lipinski definition) is 1. The monoisotopic (exact) mass is 347 g/mol. The lowest BCUT2D eigenvalue weighted by Crippen LogP contribution is -2.35. The van der Waals surface area contributed by atoms with Crippen LogP contribution in [-0.4, -0.2) is 37.9 Å². The zero-order chi connectivity index (χ0) is 17.5. The molecule has 0 fully saturated rings. The van der Waals surface area contributed by atoms with E-state index in [4.69, 9.17) is 0 Å². The Kier molecular flexibility index (Phi) is 6.78. The summed E-state index contributed by atoms with van der Waals surface area (Å²) in [4.78, 5) is 12.0. The van der Waals surface area contributed by atoms with Crippen molar-refractivity contribution in [2.45, 2.75) is 57.7 Å². The number of rotatable bonds is 8. The number of amides is 1. The van der Waals surface area contributed by atoms with Gasteiger partial charge in [0.15, 0.2) is 0 Å². The highest BCUT2D eigenvalue weighted by Crippen LogP contribution is 2.20. The molecule has 1 N–H and O–H groups in total. The summed E-state index contributed by atoms with van der Waals surface area (Å²) in [6.07, 6.45) is 1.87. The van der Waals surface area contributed by atoms with Gasteiger partial charge in [-0.1, -0.05) is 51.6 Å². The van der Waals surface area contributed by atoms with Crippen molar-refractivity contribution in [2.75, 3.05) is 5.75 Å². The van der Waals surface area contributed by atoms with E-state index in [1.807, 2.05) is 12.1 Å². The summed E-state index contributed by atoms with van der Waals surface area (Å²) < 4.78 is 1.67. The predicted octanol–water partition coefficient (Wildman–Crippen LogP) is 3.18. The first-order valence-electron chi connectivity index (χ1n) is 8.36. The normalized spacial score (nSPS) is 11.2. The van der Waals surface area contributed by atoms with Crippen LogP contribution in [0.2, 0.25) is 0 Å². The van der Waals surface area contributed by atoms with Gasteiger partial charge < -0.3 is 5.32 Å². The Hall–Kier alpha value is -1.89. The van der Waals surface area contributed by atoms with Crippen molar-refractivity contribution < 1.29 is 4.79 Å². The van der Waals surface area contributed by atoms with Crippen LogP contribution in [0.25, 0.3) is 5.69 Å². The van der Waals surface area contributed by atoms with Gasteiger partial charge in [-0.25, -0.2) is 0 Å². The van der Waals surface area contributed by atoms with Crippen molar-refractivity contribution in [3.63, 3.8) is 0 Å². The van der Waals surface area contributed by atoms with E-state index in [0.717, 1.165) is 18.5 Å². The van der Waals surface area contributed by atoms with Gasteiger partial charge in [-0.2, -0.15) is 4.68 Å². The van der Waals surface area contributed by atoms with Gasteiger partial charge in [-0.15, -0.1) is 5.10 Å². The van der Waals surface area contributed by atoms with E-state index >= 15 is 0 Å². The van der Waals surface area contributed by atoms with Crippen LogP contribution < -0.4 is 5.32 Å². The number of aromatic nitrogens is 4. The zero-order valence-corrected chi connectivity index (χ0v) is 15.5. The Balaban J connectivity index is 2.01. The van der Waals surface area contributed by atoms with Crippen molar-refractivity contribution in [3.8, 4) is 5.69 Å². The van der Waals surface area contributed by atoms with Crippen molar-refractivity contribution >= 4 is 17.7 Å². The van der Waals surface area contributed by atoms with Crippen molar-refractivity contribution in [2.24, 2.45) is 0 Å². The Bertz CT molecular complexity index is 649. The number of nitrogens with zero attached hydrogens (tertiary/aromatic N) is 4. The van der Waals surface area contributed by atoms with Crippen LogP contribution in [0.5, 0.6) is 0 Å². The Morgan fingerprint density at radius 3 is 2.46 bits per heavy atom. The summed E-state index contributed by atoms with van der Waals surface area (Å²) in [5.41, 5.74) is 2.16. The minimum Gasteiger partial charge on any atom is -0.353 e. The highest BCUT2D eigenvalue weighted by molar-refractivity contribution is 7.99. The molecule has 0 aliphatic heterocycles. The van der Waals surface area contributed by atoms with E-state index < -0.39 is 0 Å². The molecule has 0 bridgehead atoms. The number of thioether (sulfide) groups is 1. The molecule has 0 saturated carbocycles. The van der Waals surface area contributed by atoms with Crippen LogP contribution in [0, 0.1) is 0 Å². The van der Waals surface area contributed by atoms with Gasteiger partial charge in [-0.05, 0) is 46.9 Å². The molecule has 6 nitrogen and oxygen atoms in total. The Labute approximate surface area is 147 Å². The van der Waals surface area contributed by atoms with Gasteiger partial charge in [0.25, 0.3) is 0 Å². The van der Waals surface area contributed by atoms with Crippen LogP contribution in [0.4, 0.5) is 0 Å². The van der Waals surface area contributed by atoms with Gasteiger partial charge in [0.2, 0.25) is 11.1 Å². The molecule has 0 spiro atoms. The minimum absolute atomic E-state index is 0.0124. The molecule has 2 rings (SSSR count). The van der Waals surface area contributed by atoms with E-state index in [9.17, 15) is 4.79 Å². The van der Waals surface area contributed by atoms with Crippen LogP contribution in [0.3, 0.4) is 0 Å². The van der Waals surface area contributed by atoms with Crippen molar-refractivity contribution in [1.82, 2.24) is 25.5 Å². The van der Waals surface area contributed by atoms with Crippen LogP contribution in [0.15, 0.2) is 29.4 Å². The summed E-state index contributed by atoms with van der Waals surface area (Å²) in [5, 5.41) is 15.4. The largest absolute Gasteiger partial charge is 0.353 e. The second-order valence-electron chi connectivity index (χ2n) is 5.99. The third-order valence-electron chi connectivity index (χ3n) is 3.93. The molecule has 0 aliphatic rings. The maximum Gasteiger partial charge on any atom is 0.230 e. The molecule has 1 amide bonds. The molecule has 0 aliphatic carbocycles. The van der Waals surface area contributed by atoms with E-state index in [2.05, 4.69) is 60.7 Å². The summed E-state index contributed by atoms with van der Waals surface area (Å²) >= 11 is 1.34. The number of carbonyl (C=O) groups is 1. The van der Waals surface area contributed by atoms with Crippen molar-refractivity contribution in [3.05, 3.63) is 29.8 Å². The molecular formula is C17H25N5OS. The summed E-state index contributed by atoms with van der Waals surface area (Å²) in [6, 6.07) is 8.39. The van der Waals surface area contributed by atoms with Crippen LogP contribution in [0.1, 0.15) is 52.0 Å². The summed E-state index contributed by atoms with van der Waals surface area (Å²) in [5.74, 6) is 0.801. The lowest BCUT2D eigenvalue weighted by atomic mass is 10.0. The molecule has 1 aromatic carbocycles. The molecule has 0 saturated heterocycles. The number of nitrogens with one attached hydrogen (secondary N) is 1. The molecular weight excluding hydrogens is 322 g/mol. The third-order valence-corrected chi connectivity index (χ3v) is 4.85. The first-order chi connectivity index (χ1) is 11.5. The number of benzene rings is 1. The summed E-state index contributed by atoms with van der Waals surface area (Å²) in [7, 11) is 0. The minimum atomic E-state index is 0.0124. The fourth-order valence-corrected chi connectivity index (χ4v) is 3.03. The lowest BCUT2D eigenvalue weighted by molar-refractivity contribution is -0.119. The number of hydrogen-bond acceptors (Lipinski definition) is 5. The second kappa shape index (κ2) is 8.82. The summed E-state index contributed by atoms with van der Waals surface area (Å²) in [6.45, 7) is 8.46. The second-order valence-corrected chi connectivity index (χ2v) is 6.93. The highest BCUT2D eigenvalue weighted by atomic mass is 32.2. The van der Waals surface area contributed by atoms with Gasteiger partial charge in [0.05, 0.1) is 11.4 Å². The fourth-order valence-electron chi connectivity index (χ4n) is 2.32. The van der Waals surface area contributed by atoms with Gasteiger partial charge in [0, 0.05) is 6.04 Å². The molecule has 2 aromatic rings. The topological polar surface area (TPSA) is 72.7 Å². The van der Waals surface area contributed by atoms with E-state index in [0.29, 0.717) is 16.8 Å². The van der Waals surface area contributed by atoms with E-state index in [1.165, 1.54) is 17.3 Å². The zero-order valence-electron chi connectivity index (χ0n) is 14.7. The quantitative estimate of drug-likeness (QED) is 0.743. The Morgan fingerprint density at radius 1 is 1.21 bits per heavy atom. The molecule has 1 aromatic heterocycles. The van der Waals surface area contributed by atoms with E-state index in [1.54, 1.807) is 4.68 Å². The Morgan fingerprint density at radius 2 is 1.88 bits per heavy atom. The van der Waals surface area contributed by atoms with Gasteiger partial charge in [0.1, 0.15) is 0 Å². The standard InChI is InChI=1S/C17H25N5OS/c1-5-14(6-2)18-16(23)11-24-17-19-20-21-22(17)15-9-7-13(8-10-15)12(3)4/h7-10,12,14H,5-6,11H2,1-4H3,(H,18,23). The fraction of sp³-hybridized carbons (Fsp3) is 0.529. The van der Waals surface area contributed by atoms with Gasteiger partial charge in [-0.3, -0.25) is 4.79 Å². The third kappa shape index (κ3) is 4.80. The maximum atomic E-state index is 12.0. The average Bonchev–Trinajstić information content (AvgIpc) is 3.06. The molecule has 0 atom stereocenters. The molecule has 0 radical (unpaired) electrons. The number of tetrazole rings is 1. The SMILES string of the molecule is CCC(CC)NC(=O)CSc1nnnn1-c1ccc(C(C)C)cc1. The van der Waals surface area contributed by atoms with Gasteiger partial charge >= 0.3 is 0 Å². The molecule has 1 heterocycles. The first-order valence-corrected chi connectivity index (χ1v) is 9.34. The van der Waals surface area contributed by atoms with Crippen LogP contribution >= 0.6 is 11.8 Å². The highest BCUT2D eigenvalue weighted by Gasteiger charge is 2.13. The smallest absolute Gasteiger partial charge is 0.230 e. The first kappa shape index (κ1) is 18.4. The average molecular weight is 347 g/mol. The predicted molar refractivity (Wildman–Crippen MR) is 96.5 cm³/mol. The molecule has 130 valence electrons. The van der Waals surface area contributed by atoms with E-state index in [-0.39, 0.29) is 11.9 Å². The van der Waals surface area contributed by atoms with Crippen LogP contribution in [-0.2, 0) is 4.79 Å². The number of carbonyl (C=O) groups excluding carboxylic acids is 1. The maximum absolute atomic E-state index is 12.0. The van der Waals surface area contributed by atoms with Crippen molar-refractivity contribution in [1.29, 1.82) is 0 Å². The molecule has 24 heavy (non-hydrogen) atoms.